The van der Waals surface area contributed by atoms with Crippen molar-refractivity contribution in [2.75, 3.05) is 18.0 Å². The number of pyridine rings is 1. The average molecular weight is 344 g/mol. The van der Waals surface area contributed by atoms with E-state index in [0.29, 0.717) is 0 Å². The van der Waals surface area contributed by atoms with Crippen LogP contribution in [0.4, 0.5) is 5.82 Å². The zero-order valence-electron chi connectivity index (χ0n) is 15.4. The topological polar surface area (TPSA) is 41.9 Å². The standard InChI is InChI=1S/C22H24N4/c1-16-6-8-18(9-7-16)19-12-20(15-23-14-19)21-13-22(25-17(2)24-21)26-10-4-3-5-11-26/h6-9,12-15H,3-5,10-11H2,1-2H3. The zero-order chi connectivity index (χ0) is 17.9. The van der Waals surface area contributed by atoms with Crippen LogP contribution in [0.1, 0.15) is 30.7 Å². The van der Waals surface area contributed by atoms with Crippen LogP contribution in [0.15, 0.2) is 48.8 Å². The maximum absolute atomic E-state index is 4.67. The van der Waals surface area contributed by atoms with E-state index in [9.17, 15) is 0 Å². The first-order chi connectivity index (χ1) is 12.7. The molecule has 1 aromatic carbocycles. The van der Waals surface area contributed by atoms with Gasteiger partial charge < -0.3 is 4.90 Å². The molecule has 0 unspecified atom stereocenters. The molecule has 1 aliphatic rings. The predicted molar refractivity (Wildman–Crippen MR) is 106 cm³/mol. The summed E-state index contributed by atoms with van der Waals surface area (Å²) < 4.78 is 0. The van der Waals surface area contributed by atoms with Gasteiger partial charge in [-0.1, -0.05) is 29.8 Å². The smallest absolute Gasteiger partial charge is 0.132 e. The van der Waals surface area contributed by atoms with Gasteiger partial charge in [0, 0.05) is 42.7 Å². The molecule has 26 heavy (non-hydrogen) atoms. The lowest BCUT2D eigenvalue weighted by Crippen LogP contribution is -2.30. The van der Waals surface area contributed by atoms with Gasteiger partial charge in [-0.25, -0.2) is 9.97 Å². The Morgan fingerprint density at radius 2 is 1.50 bits per heavy atom. The summed E-state index contributed by atoms with van der Waals surface area (Å²) >= 11 is 0. The Morgan fingerprint density at radius 3 is 2.27 bits per heavy atom. The molecule has 4 nitrogen and oxygen atoms in total. The number of hydrogen-bond donors (Lipinski definition) is 0. The van der Waals surface area contributed by atoms with Gasteiger partial charge in [0.05, 0.1) is 5.69 Å². The lowest BCUT2D eigenvalue weighted by atomic mass is 10.0. The highest BCUT2D eigenvalue weighted by Crippen LogP contribution is 2.27. The van der Waals surface area contributed by atoms with Crippen LogP contribution in [0, 0.1) is 13.8 Å². The van der Waals surface area contributed by atoms with Gasteiger partial charge in [-0.2, -0.15) is 0 Å². The first kappa shape index (κ1) is 16.7. The Balaban J connectivity index is 1.70. The summed E-state index contributed by atoms with van der Waals surface area (Å²) in [5, 5.41) is 0. The van der Waals surface area contributed by atoms with E-state index in [2.05, 4.69) is 63.2 Å². The van der Waals surface area contributed by atoms with Crippen molar-refractivity contribution in [3.8, 4) is 22.4 Å². The number of anilines is 1. The van der Waals surface area contributed by atoms with Crippen LogP contribution in [0.2, 0.25) is 0 Å². The molecule has 0 N–H and O–H groups in total. The summed E-state index contributed by atoms with van der Waals surface area (Å²) in [5.74, 6) is 1.84. The first-order valence-corrected chi connectivity index (χ1v) is 9.32. The fourth-order valence-electron chi connectivity index (χ4n) is 3.47. The third-order valence-electron chi connectivity index (χ3n) is 4.92. The third kappa shape index (κ3) is 3.59. The number of nitrogens with zero attached hydrogens (tertiary/aromatic N) is 4. The molecule has 132 valence electrons. The van der Waals surface area contributed by atoms with Crippen LogP contribution in [-0.4, -0.2) is 28.0 Å². The number of aromatic nitrogens is 3. The van der Waals surface area contributed by atoms with Crippen molar-refractivity contribution in [3.05, 3.63) is 60.2 Å². The Kier molecular flexibility index (Phi) is 4.65. The van der Waals surface area contributed by atoms with E-state index in [1.54, 1.807) is 0 Å². The van der Waals surface area contributed by atoms with E-state index < -0.39 is 0 Å². The lowest BCUT2D eigenvalue weighted by molar-refractivity contribution is 0.572. The van der Waals surface area contributed by atoms with Gasteiger partial charge in [-0.15, -0.1) is 0 Å². The third-order valence-corrected chi connectivity index (χ3v) is 4.92. The minimum absolute atomic E-state index is 0.809. The molecule has 3 aromatic rings. The molecular formula is C22H24N4. The molecule has 3 heterocycles. The fourth-order valence-corrected chi connectivity index (χ4v) is 3.47. The van der Waals surface area contributed by atoms with Crippen LogP contribution >= 0.6 is 0 Å². The Labute approximate surface area is 155 Å². The van der Waals surface area contributed by atoms with Gasteiger partial charge in [-0.05, 0) is 44.7 Å². The van der Waals surface area contributed by atoms with Gasteiger partial charge in [0.15, 0.2) is 0 Å². The molecule has 1 aliphatic heterocycles. The van der Waals surface area contributed by atoms with Crippen LogP contribution in [0.25, 0.3) is 22.4 Å². The lowest BCUT2D eigenvalue weighted by Gasteiger charge is -2.28. The summed E-state index contributed by atoms with van der Waals surface area (Å²) in [6.07, 6.45) is 7.59. The maximum Gasteiger partial charge on any atom is 0.132 e. The van der Waals surface area contributed by atoms with Crippen LogP contribution in [0.3, 0.4) is 0 Å². The normalized spacial score (nSPS) is 14.5. The molecule has 0 bridgehead atoms. The molecule has 1 fully saturated rings. The van der Waals surface area contributed by atoms with Crippen molar-refractivity contribution >= 4 is 5.82 Å². The summed E-state index contributed by atoms with van der Waals surface area (Å²) in [5.41, 5.74) is 5.52. The maximum atomic E-state index is 4.67. The van der Waals surface area contributed by atoms with Crippen LogP contribution in [0.5, 0.6) is 0 Å². The predicted octanol–water partition coefficient (Wildman–Crippen LogP) is 4.81. The van der Waals surface area contributed by atoms with E-state index >= 15 is 0 Å². The van der Waals surface area contributed by atoms with Crippen LogP contribution in [-0.2, 0) is 0 Å². The second-order valence-corrected chi connectivity index (χ2v) is 7.03. The number of piperidine rings is 1. The van der Waals surface area contributed by atoms with E-state index in [1.807, 2.05) is 19.3 Å². The summed E-state index contributed by atoms with van der Waals surface area (Å²) in [6.45, 7) is 6.23. The van der Waals surface area contributed by atoms with Gasteiger partial charge in [0.2, 0.25) is 0 Å². The van der Waals surface area contributed by atoms with E-state index in [-0.39, 0.29) is 0 Å². The average Bonchev–Trinajstić information content (AvgIpc) is 2.69. The number of aryl methyl sites for hydroxylation is 2. The van der Waals surface area contributed by atoms with Crippen molar-refractivity contribution in [2.45, 2.75) is 33.1 Å². The highest BCUT2D eigenvalue weighted by atomic mass is 15.2. The van der Waals surface area contributed by atoms with Gasteiger partial charge in [0.1, 0.15) is 11.6 Å². The highest BCUT2D eigenvalue weighted by Gasteiger charge is 2.15. The van der Waals surface area contributed by atoms with Crippen molar-refractivity contribution in [2.24, 2.45) is 0 Å². The van der Waals surface area contributed by atoms with Crippen molar-refractivity contribution in [1.82, 2.24) is 15.0 Å². The van der Waals surface area contributed by atoms with Crippen LogP contribution < -0.4 is 4.90 Å². The Hall–Kier alpha value is -2.75. The molecule has 4 rings (SSSR count). The first-order valence-electron chi connectivity index (χ1n) is 9.32. The molecule has 0 radical (unpaired) electrons. The number of hydrogen-bond acceptors (Lipinski definition) is 4. The highest BCUT2D eigenvalue weighted by molar-refractivity contribution is 5.71. The SMILES string of the molecule is Cc1ccc(-c2cncc(-c3cc(N4CCCCC4)nc(C)n3)c2)cc1. The Morgan fingerprint density at radius 1 is 0.769 bits per heavy atom. The second kappa shape index (κ2) is 7.24. The van der Waals surface area contributed by atoms with E-state index in [0.717, 1.165) is 41.6 Å². The van der Waals surface area contributed by atoms with Gasteiger partial charge >= 0.3 is 0 Å². The molecule has 2 aromatic heterocycles. The molecule has 0 aliphatic carbocycles. The second-order valence-electron chi connectivity index (χ2n) is 7.03. The van der Waals surface area contributed by atoms with E-state index in [4.69, 9.17) is 0 Å². The minimum Gasteiger partial charge on any atom is -0.356 e. The quantitative estimate of drug-likeness (QED) is 0.683. The van der Waals surface area contributed by atoms with Crippen molar-refractivity contribution < 1.29 is 0 Å². The largest absolute Gasteiger partial charge is 0.356 e. The van der Waals surface area contributed by atoms with E-state index in [1.165, 1.54) is 30.4 Å². The monoisotopic (exact) mass is 344 g/mol. The molecule has 0 spiro atoms. The Bertz CT molecular complexity index is 896. The summed E-state index contributed by atoms with van der Waals surface area (Å²) in [6, 6.07) is 12.8. The van der Waals surface area contributed by atoms with Crippen molar-refractivity contribution in [1.29, 1.82) is 0 Å². The number of benzene rings is 1. The number of rotatable bonds is 3. The summed E-state index contributed by atoms with van der Waals surface area (Å²) in [7, 11) is 0. The molecule has 0 amide bonds. The van der Waals surface area contributed by atoms with Gasteiger partial charge in [0.25, 0.3) is 0 Å². The molecule has 1 saturated heterocycles. The van der Waals surface area contributed by atoms with Gasteiger partial charge in [-0.3, -0.25) is 4.98 Å². The molecular weight excluding hydrogens is 320 g/mol. The zero-order valence-corrected chi connectivity index (χ0v) is 15.4. The molecule has 0 atom stereocenters. The summed E-state index contributed by atoms with van der Waals surface area (Å²) in [4.78, 5) is 16.2. The minimum atomic E-state index is 0.809. The van der Waals surface area contributed by atoms with Crippen molar-refractivity contribution in [3.63, 3.8) is 0 Å². The molecule has 0 saturated carbocycles. The molecule has 4 heteroatoms. The fraction of sp³-hybridized carbons (Fsp3) is 0.318.